The highest BCUT2D eigenvalue weighted by Crippen LogP contribution is 2.40. The third-order valence-electron chi connectivity index (χ3n) is 2.48. The van der Waals surface area contributed by atoms with Crippen molar-refractivity contribution in [3.05, 3.63) is 23.7 Å². The Bertz CT molecular complexity index is 473. The van der Waals surface area contributed by atoms with Gasteiger partial charge in [-0.1, -0.05) is 0 Å². The molecular weight excluding hydrogens is 178 g/mol. The van der Waals surface area contributed by atoms with Gasteiger partial charge >= 0.3 is 0 Å². The summed E-state index contributed by atoms with van der Waals surface area (Å²) in [6.07, 6.45) is 4.12. The quantitative estimate of drug-likeness (QED) is 0.778. The van der Waals surface area contributed by atoms with Crippen LogP contribution in [0.15, 0.2) is 16.7 Å². The van der Waals surface area contributed by atoms with Crippen molar-refractivity contribution in [1.82, 2.24) is 9.97 Å². The van der Waals surface area contributed by atoms with E-state index in [1.165, 1.54) is 12.8 Å². The molecule has 14 heavy (non-hydrogen) atoms. The van der Waals surface area contributed by atoms with E-state index in [0.717, 1.165) is 17.0 Å². The minimum absolute atomic E-state index is 0.495. The molecule has 4 nitrogen and oxygen atoms in total. The molecule has 0 unspecified atom stereocenters. The van der Waals surface area contributed by atoms with Gasteiger partial charge < -0.3 is 10.2 Å². The van der Waals surface area contributed by atoms with Crippen LogP contribution in [0.5, 0.6) is 0 Å². The molecule has 4 heteroatoms. The standard InChI is InChI=1S/C10H11N3O/c11-4-6-3-8-10(12-5-6)14-9(13-8)7-1-2-7/h3,5,7H,1-2,4,11H2. The maximum absolute atomic E-state index is 5.53. The van der Waals surface area contributed by atoms with Crippen molar-refractivity contribution in [2.24, 2.45) is 5.73 Å². The van der Waals surface area contributed by atoms with E-state index in [1.807, 2.05) is 6.07 Å². The summed E-state index contributed by atoms with van der Waals surface area (Å²) < 4.78 is 5.53. The maximum Gasteiger partial charge on any atom is 0.246 e. The molecule has 2 heterocycles. The van der Waals surface area contributed by atoms with Gasteiger partial charge in [0.25, 0.3) is 0 Å². The van der Waals surface area contributed by atoms with Gasteiger partial charge in [-0.25, -0.2) is 9.97 Å². The predicted octanol–water partition coefficient (Wildman–Crippen LogP) is 1.56. The summed E-state index contributed by atoms with van der Waals surface area (Å²) >= 11 is 0. The fourth-order valence-electron chi connectivity index (χ4n) is 1.50. The van der Waals surface area contributed by atoms with Crippen molar-refractivity contribution < 1.29 is 4.42 Å². The third kappa shape index (κ3) is 1.19. The Morgan fingerprint density at radius 3 is 3.07 bits per heavy atom. The summed E-state index contributed by atoms with van der Waals surface area (Å²) in [5.74, 6) is 1.37. The van der Waals surface area contributed by atoms with Crippen LogP contribution in [0, 0.1) is 0 Å². The molecule has 0 aliphatic heterocycles. The lowest BCUT2D eigenvalue weighted by atomic mass is 10.3. The van der Waals surface area contributed by atoms with Gasteiger partial charge in [0.1, 0.15) is 5.52 Å². The van der Waals surface area contributed by atoms with Crippen molar-refractivity contribution in [3.8, 4) is 0 Å². The molecule has 0 aromatic carbocycles. The van der Waals surface area contributed by atoms with Crippen molar-refractivity contribution in [1.29, 1.82) is 0 Å². The monoisotopic (exact) mass is 189 g/mol. The third-order valence-corrected chi connectivity index (χ3v) is 2.48. The van der Waals surface area contributed by atoms with Gasteiger partial charge in [-0.2, -0.15) is 0 Å². The summed E-state index contributed by atoms with van der Waals surface area (Å²) in [5.41, 5.74) is 7.97. The normalized spacial score (nSPS) is 16.4. The first-order valence-corrected chi connectivity index (χ1v) is 4.82. The molecule has 0 saturated heterocycles. The molecule has 0 atom stereocenters. The van der Waals surface area contributed by atoms with Crippen LogP contribution in [0.1, 0.15) is 30.2 Å². The number of pyridine rings is 1. The number of nitrogens with zero attached hydrogens (tertiary/aromatic N) is 2. The second-order valence-electron chi connectivity index (χ2n) is 3.70. The number of nitrogens with two attached hydrogens (primary N) is 1. The second kappa shape index (κ2) is 2.78. The highest BCUT2D eigenvalue weighted by molar-refractivity contribution is 5.68. The largest absolute Gasteiger partial charge is 0.422 e. The van der Waals surface area contributed by atoms with Crippen molar-refractivity contribution in [2.45, 2.75) is 25.3 Å². The lowest BCUT2D eigenvalue weighted by molar-refractivity contribution is 0.524. The number of aromatic nitrogens is 2. The Balaban J connectivity index is 2.12. The summed E-state index contributed by atoms with van der Waals surface area (Å²) in [4.78, 5) is 8.57. The lowest BCUT2D eigenvalue weighted by Crippen LogP contribution is -1.96. The zero-order chi connectivity index (χ0) is 9.54. The molecule has 1 aliphatic carbocycles. The molecular formula is C10H11N3O. The van der Waals surface area contributed by atoms with Crippen LogP contribution in [-0.4, -0.2) is 9.97 Å². The van der Waals surface area contributed by atoms with Gasteiger partial charge in [0.15, 0.2) is 0 Å². The summed E-state index contributed by atoms with van der Waals surface area (Å²) in [6, 6.07) is 1.94. The molecule has 0 radical (unpaired) electrons. The molecule has 0 amide bonds. The van der Waals surface area contributed by atoms with E-state index in [2.05, 4.69) is 9.97 Å². The Kier molecular flexibility index (Phi) is 1.58. The average Bonchev–Trinajstić information content (AvgIpc) is 2.97. The van der Waals surface area contributed by atoms with Crippen molar-refractivity contribution in [2.75, 3.05) is 0 Å². The van der Waals surface area contributed by atoms with E-state index in [1.54, 1.807) is 6.20 Å². The second-order valence-corrected chi connectivity index (χ2v) is 3.70. The van der Waals surface area contributed by atoms with E-state index in [4.69, 9.17) is 10.2 Å². The van der Waals surface area contributed by atoms with Gasteiger partial charge in [0.05, 0.1) is 0 Å². The van der Waals surface area contributed by atoms with E-state index < -0.39 is 0 Å². The Morgan fingerprint density at radius 1 is 1.50 bits per heavy atom. The van der Waals surface area contributed by atoms with Crippen LogP contribution in [0.2, 0.25) is 0 Å². The topological polar surface area (TPSA) is 64.9 Å². The number of oxazole rings is 1. The zero-order valence-electron chi connectivity index (χ0n) is 7.73. The van der Waals surface area contributed by atoms with Gasteiger partial charge in [-0.05, 0) is 24.5 Å². The number of fused-ring (bicyclic) bond motifs is 1. The summed E-state index contributed by atoms with van der Waals surface area (Å²) in [5, 5.41) is 0. The number of hydrogen-bond donors (Lipinski definition) is 1. The first-order chi connectivity index (χ1) is 6.86. The highest BCUT2D eigenvalue weighted by atomic mass is 16.4. The van der Waals surface area contributed by atoms with Crippen molar-refractivity contribution >= 4 is 11.2 Å². The van der Waals surface area contributed by atoms with E-state index >= 15 is 0 Å². The van der Waals surface area contributed by atoms with Crippen LogP contribution in [0.4, 0.5) is 0 Å². The number of rotatable bonds is 2. The summed E-state index contributed by atoms with van der Waals surface area (Å²) in [7, 11) is 0. The van der Waals surface area contributed by atoms with Gasteiger partial charge in [0.2, 0.25) is 11.6 Å². The minimum atomic E-state index is 0.495. The highest BCUT2D eigenvalue weighted by Gasteiger charge is 2.29. The van der Waals surface area contributed by atoms with Crippen LogP contribution >= 0.6 is 0 Å². The fourth-order valence-corrected chi connectivity index (χ4v) is 1.50. The van der Waals surface area contributed by atoms with E-state index in [9.17, 15) is 0 Å². The maximum atomic E-state index is 5.53. The Morgan fingerprint density at radius 2 is 2.36 bits per heavy atom. The molecule has 0 spiro atoms. The first-order valence-electron chi connectivity index (χ1n) is 4.82. The van der Waals surface area contributed by atoms with Gasteiger partial charge in [0, 0.05) is 18.7 Å². The average molecular weight is 189 g/mol. The molecule has 2 N–H and O–H groups in total. The minimum Gasteiger partial charge on any atom is -0.422 e. The van der Waals surface area contributed by atoms with Gasteiger partial charge in [-0.15, -0.1) is 0 Å². The molecule has 2 aromatic rings. The van der Waals surface area contributed by atoms with E-state index in [-0.39, 0.29) is 0 Å². The van der Waals surface area contributed by atoms with Crippen LogP contribution in [0.3, 0.4) is 0 Å². The number of hydrogen-bond acceptors (Lipinski definition) is 4. The smallest absolute Gasteiger partial charge is 0.246 e. The summed E-state index contributed by atoms with van der Waals surface area (Å²) in [6.45, 7) is 0.495. The molecule has 2 aromatic heterocycles. The van der Waals surface area contributed by atoms with Crippen molar-refractivity contribution in [3.63, 3.8) is 0 Å². The van der Waals surface area contributed by atoms with Crippen LogP contribution in [0.25, 0.3) is 11.2 Å². The molecule has 1 fully saturated rings. The molecule has 72 valence electrons. The lowest BCUT2D eigenvalue weighted by Gasteiger charge is -1.91. The molecule has 0 bridgehead atoms. The molecule has 1 aliphatic rings. The fraction of sp³-hybridized carbons (Fsp3) is 0.400. The molecule has 3 rings (SSSR count). The van der Waals surface area contributed by atoms with Gasteiger partial charge in [-0.3, -0.25) is 0 Å². The van der Waals surface area contributed by atoms with E-state index in [0.29, 0.717) is 18.2 Å². The zero-order valence-corrected chi connectivity index (χ0v) is 7.73. The molecule has 1 saturated carbocycles. The predicted molar refractivity (Wildman–Crippen MR) is 51.7 cm³/mol. The van der Waals surface area contributed by atoms with Crippen LogP contribution in [-0.2, 0) is 6.54 Å². The Labute approximate surface area is 81.1 Å². The Hall–Kier alpha value is -1.42. The SMILES string of the molecule is NCc1cnc2oc(C3CC3)nc2c1. The first kappa shape index (κ1) is 7.94. The van der Waals surface area contributed by atoms with Crippen LogP contribution < -0.4 is 5.73 Å².